The number of aromatic amines is 1. The van der Waals surface area contributed by atoms with Crippen molar-refractivity contribution < 1.29 is 4.79 Å². The van der Waals surface area contributed by atoms with E-state index >= 15 is 0 Å². The van der Waals surface area contributed by atoms with Crippen molar-refractivity contribution in [2.75, 3.05) is 0 Å². The lowest BCUT2D eigenvalue weighted by Gasteiger charge is -2.19. The van der Waals surface area contributed by atoms with E-state index < -0.39 is 0 Å². The quantitative estimate of drug-likeness (QED) is 0.833. The van der Waals surface area contributed by atoms with Crippen LogP contribution in [0.3, 0.4) is 0 Å². The zero-order valence-electron chi connectivity index (χ0n) is 8.45. The van der Waals surface area contributed by atoms with Crippen molar-refractivity contribution in [3.05, 3.63) is 20.8 Å². The molecule has 78 valence electrons. The first kappa shape index (κ1) is 12.0. The van der Waals surface area contributed by atoms with Gasteiger partial charge < -0.3 is 4.98 Å². The van der Waals surface area contributed by atoms with Crippen LogP contribution in [-0.4, -0.2) is 10.8 Å². The highest BCUT2D eigenvalue weighted by molar-refractivity contribution is 9.13. The molecule has 0 aliphatic carbocycles. The normalized spacial score (nSPS) is 11.8. The fraction of sp³-hybridized carbons (Fsp3) is 0.500. The Labute approximate surface area is 101 Å². The van der Waals surface area contributed by atoms with Crippen LogP contribution >= 0.6 is 31.9 Å². The van der Waals surface area contributed by atoms with E-state index in [0.717, 1.165) is 15.5 Å². The molecule has 0 amide bonds. The highest BCUT2D eigenvalue weighted by atomic mass is 79.9. The molecule has 0 spiro atoms. The largest absolute Gasteiger partial charge is 0.346 e. The fourth-order valence-corrected chi connectivity index (χ4v) is 1.71. The van der Waals surface area contributed by atoms with Crippen molar-refractivity contribution >= 4 is 37.6 Å². The van der Waals surface area contributed by atoms with Gasteiger partial charge in [-0.15, -0.1) is 0 Å². The lowest BCUT2D eigenvalue weighted by Crippen LogP contribution is -2.23. The molecule has 0 aliphatic rings. The maximum atomic E-state index is 12.0. The summed E-state index contributed by atoms with van der Waals surface area (Å²) in [6.45, 7) is 5.93. The predicted molar refractivity (Wildman–Crippen MR) is 64.6 cm³/mol. The number of halogens is 2. The van der Waals surface area contributed by atoms with E-state index in [9.17, 15) is 4.79 Å². The maximum absolute atomic E-state index is 12.0. The van der Waals surface area contributed by atoms with E-state index in [4.69, 9.17) is 0 Å². The summed E-state index contributed by atoms with van der Waals surface area (Å²) in [7, 11) is 0. The van der Waals surface area contributed by atoms with Gasteiger partial charge >= 0.3 is 0 Å². The van der Waals surface area contributed by atoms with Crippen molar-refractivity contribution in [2.24, 2.45) is 5.41 Å². The molecular weight excluding hydrogens is 310 g/mol. The standard InChI is InChI=1S/C10H13Br2NO/c1-4-10(2,3)8(14)7-5-6(11)9(12)13-7/h5,13H,4H2,1-3H3. The molecule has 1 aromatic rings. The average Bonchev–Trinajstić information content (AvgIpc) is 2.45. The van der Waals surface area contributed by atoms with Gasteiger partial charge in [-0.2, -0.15) is 0 Å². The second-order valence-corrected chi connectivity index (χ2v) is 5.56. The summed E-state index contributed by atoms with van der Waals surface area (Å²) in [6.07, 6.45) is 0.833. The van der Waals surface area contributed by atoms with Gasteiger partial charge in [-0.3, -0.25) is 4.79 Å². The van der Waals surface area contributed by atoms with Crippen molar-refractivity contribution in [1.29, 1.82) is 0 Å². The predicted octanol–water partition coefficient (Wildman–Crippen LogP) is 4.16. The molecule has 0 bridgehead atoms. The number of hydrogen-bond acceptors (Lipinski definition) is 1. The van der Waals surface area contributed by atoms with Gasteiger partial charge in [0.25, 0.3) is 0 Å². The van der Waals surface area contributed by atoms with Crippen LogP contribution in [0.25, 0.3) is 0 Å². The van der Waals surface area contributed by atoms with E-state index in [1.807, 2.05) is 26.8 Å². The van der Waals surface area contributed by atoms with Crippen LogP contribution in [-0.2, 0) is 0 Å². The smallest absolute Gasteiger partial charge is 0.184 e. The van der Waals surface area contributed by atoms with Crippen LogP contribution in [0.1, 0.15) is 37.7 Å². The van der Waals surface area contributed by atoms with Crippen LogP contribution in [0.4, 0.5) is 0 Å². The fourth-order valence-electron chi connectivity index (χ4n) is 1.05. The van der Waals surface area contributed by atoms with Gasteiger partial charge in [-0.25, -0.2) is 0 Å². The molecule has 2 nitrogen and oxygen atoms in total. The number of hydrogen-bond donors (Lipinski definition) is 1. The molecule has 14 heavy (non-hydrogen) atoms. The SMILES string of the molecule is CCC(C)(C)C(=O)c1cc(Br)c(Br)[nH]1. The zero-order valence-corrected chi connectivity index (χ0v) is 11.6. The van der Waals surface area contributed by atoms with Crippen LogP contribution in [0.5, 0.6) is 0 Å². The van der Waals surface area contributed by atoms with E-state index in [0.29, 0.717) is 5.69 Å². The first-order chi connectivity index (χ1) is 6.38. The molecule has 0 fully saturated rings. The highest BCUT2D eigenvalue weighted by Crippen LogP contribution is 2.29. The molecule has 0 aliphatic heterocycles. The third kappa shape index (κ3) is 2.28. The number of ketones is 1. The summed E-state index contributed by atoms with van der Waals surface area (Å²) in [6, 6.07) is 1.81. The molecule has 1 heterocycles. The summed E-state index contributed by atoms with van der Waals surface area (Å²) >= 11 is 6.66. The van der Waals surface area contributed by atoms with Crippen LogP contribution < -0.4 is 0 Å². The minimum Gasteiger partial charge on any atom is -0.346 e. The minimum atomic E-state index is -0.302. The number of Topliss-reactive ketones (excluding diaryl/α,β-unsaturated/α-hetero) is 1. The van der Waals surface area contributed by atoms with Crippen LogP contribution in [0.2, 0.25) is 0 Å². The van der Waals surface area contributed by atoms with E-state index in [2.05, 4.69) is 36.8 Å². The summed E-state index contributed by atoms with van der Waals surface area (Å²) in [5.74, 6) is 0.145. The lowest BCUT2D eigenvalue weighted by molar-refractivity contribution is 0.0828. The van der Waals surface area contributed by atoms with E-state index in [1.165, 1.54) is 0 Å². The van der Waals surface area contributed by atoms with E-state index in [-0.39, 0.29) is 11.2 Å². The Hall–Kier alpha value is -0.0900. The Balaban J connectivity index is 3.01. The molecule has 1 aromatic heterocycles. The van der Waals surface area contributed by atoms with Gasteiger partial charge in [0.2, 0.25) is 0 Å². The molecule has 0 saturated carbocycles. The van der Waals surface area contributed by atoms with Crippen molar-refractivity contribution in [3.63, 3.8) is 0 Å². The Bertz CT molecular complexity index is 336. The Morgan fingerprint density at radius 2 is 2.07 bits per heavy atom. The molecule has 4 heteroatoms. The van der Waals surface area contributed by atoms with Crippen molar-refractivity contribution in [1.82, 2.24) is 4.98 Å². The van der Waals surface area contributed by atoms with Gasteiger partial charge in [0, 0.05) is 5.41 Å². The lowest BCUT2D eigenvalue weighted by atomic mass is 9.84. The van der Waals surface area contributed by atoms with Gasteiger partial charge in [-0.1, -0.05) is 20.8 Å². The third-order valence-corrected chi connectivity index (χ3v) is 4.25. The molecule has 0 saturated heterocycles. The molecule has 0 radical (unpaired) electrons. The summed E-state index contributed by atoms with van der Waals surface area (Å²) in [5, 5.41) is 0. The number of carbonyl (C=O) groups excluding carboxylic acids is 1. The average molecular weight is 323 g/mol. The number of H-pyrrole nitrogens is 1. The van der Waals surface area contributed by atoms with Crippen molar-refractivity contribution in [3.8, 4) is 0 Å². The van der Waals surface area contributed by atoms with Crippen molar-refractivity contribution in [2.45, 2.75) is 27.2 Å². The first-order valence-electron chi connectivity index (χ1n) is 4.47. The maximum Gasteiger partial charge on any atom is 0.184 e. The van der Waals surface area contributed by atoms with Gasteiger partial charge in [-0.05, 0) is 44.3 Å². The topological polar surface area (TPSA) is 32.9 Å². The zero-order chi connectivity index (χ0) is 10.9. The van der Waals surface area contributed by atoms with Crippen LogP contribution in [0.15, 0.2) is 15.1 Å². The summed E-state index contributed by atoms with van der Waals surface area (Å²) in [5.41, 5.74) is 0.347. The Morgan fingerprint density at radius 3 is 2.43 bits per heavy atom. The molecule has 0 aromatic carbocycles. The Morgan fingerprint density at radius 1 is 1.50 bits per heavy atom. The van der Waals surface area contributed by atoms with Gasteiger partial charge in [0.1, 0.15) is 0 Å². The van der Waals surface area contributed by atoms with E-state index in [1.54, 1.807) is 0 Å². The molecule has 0 unspecified atom stereocenters. The number of aromatic nitrogens is 1. The van der Waals surface area contributed by atoms with Gasteiger partial charge in [0.05, 0.1) is 14.8 Å². The first-order valence-corrected chi connectivity index (χ1v) is 6.06. The van der Waals surface area contributed by atoms with Crippen LogP contribution in [0, 0.1) is 5.41 Å². The molecule has 1 N–H and O–H groups in total. The number of carbonyl (C=O) groups is 1. The molecule has 0 atom stereocenters. The van der Waals surface area contributed by atoms with Gasteiger partial charge in [0.15, 0.2) is 5.78 Å². The second kappa shape index (κ2) is 4.19. The molecule has 1 rings (SSSR count). The highest BCUT2D eigenvalue weighted by Gasteiger charge is 2.27. The Kier molecular flexibility index (Phi) is 3.58. The number of rotatable bonds is 3. The second-order valence-electron chi connectivity index (χ2n) is 3.91. The summed E-state index contributed by atoms with van der Waals surface area (Å²) in [4.78, 5) is 15.0. The number of nitrogens with one attached hydrogen (secondary N) is 1. The summed E-state index contributed by atoms with van der Waals surface area (Å²) < 4.78 is 1.69. The minimum absolute atomic E-state index is 0.145. The monoisotopic (exact) mass is 321 g/mol. The third-order valence-electron chi connectivity index (χ3n) is 2.47. The molecular formula is C10H13Br2NO.